The van der Waals surface area contributed by atoms with Gasteiger partial charge in [0.05, 0.1) is 0 Å². The molecule has 2 aliphatic carbocycles. The number of nitrogens with one attached hydrogen (secondary N) is 1. The van der Waals surface area contributed by atoms with E-state index in [1.807, 2.05) is 0 Å². The van der Waals surface area contributed by atoms with Gasteiger partial charge in [-0.2, -0.15) is 0 Å². The lowest BCUT2D eigenvalue weighted by molar-refractivity contribution is -0.00978. The Bertz CT molecular complexity index is 332. The summed E-state index contributed by atoms with van der Waals surface area (Å²) in [6.07, 6.45) is 13.1. The highest BCUT2D eigenvalue weighted by Gasteiger charge is 2.41. The van der Waals surface area contributed by atoms with Crippen LogP contribution in [-0.2, 0) is 0 Å². The minimum absolute atomic E-state index is 0.515. The molecule has 122 valence electrons. The molecular weight excluding hydrogens is 256 g/mol. The molecule has 1 saturated heterocycles. The topological polar surface area (TPSA) is 15.3 Å². The van der Waals surface area contributed by atoms with E-state index >= 15 is 0 Å². The molecular formula is C19H36N2. The van der Waals surface area contributed by atoms with Gasteiger partial charge in [0.25, 0.3) is 0 Å². The highest BCUT2D eigenvalue weighted by molar-refractivity contribution is 4.97. The average Bonchev–Trinajstić information content (AvgIpc) is 2.49. The van der Waals surface area contributed by atoms with E-state index < -0.39 is 0 Å². The highest BCUT2D eigenvalue weighted by atomic mass is 15.3. The molecule has 0 spiro atoms. The first-order chi connectivity index (χ1) is 10.1. The van der Waals surface area contributed by atoms with Crippen molar-refractivity contribution in [1.29, 1.82) is 0 Å². The lowest BCUT2D eigenvalue weighted by atomic mass is 9.71. The van der Waals surface area contributed by atoms with Crippen molar-refractivity contribution < 1.29 is 0 Å². The summed E-state index contributed by atoms with van der Waals surface area (Å²) in [5, 5.41) is 3.89. The fourth-order valence-corrected chi connectivity index (χ4v) is 5.29. The molecule has 3 atom stereocenters. The van der Waals surface area contributed by atoms with Crippen LogP contribution in [0, 0.1) is 11.3 Å². The third kappa shape index (κ3) is 3.47. The van der Waals surface area contributed by atoms with Gasteiger partial charge in [-0.25, -0.2) is 0 Å². The van der Waals surface area contributed by atoms with Crippen LogP contribution in [0.25, 0.3) is 0 Å². The maximum absolute atomic E-state index is 3.89. The largest absolute Gasteiger partial charge is 0.311 e. The number of piperazine rings is 1. The van der Waals surface area contributed by atoms with Gasteiger partial charge in [0.2, 0.25) is 0 Å². The quantitative estimate of drug-likeness (QED) is 0.820. The van der Waals surface area contributed by atoms with Crippen LogP contribution in [0.4, 0.5) is 0 Å². The van der Waals surface area contributed by atoms with Gasteiger partial charge < -0.3 is 5.32 Å². The Morgan fingerprint density at radius 3 is 2.38 bits per heavy atom. The van der Waals surface area contributed by atoms with E-state index in [-0.39, 0.29) is 0 Å². The molecule has 0 radical (unpaired) electrons. The zero-order valence-electron chi connectivity index (χ0n) is 14.5. The van der Waals surface area contributed by atoms with Crippen LogP contribution in [0.15, 0.2) is 0 Å². The summed E-state index contributed by atoms with van der Waals surface area (Å²) in [6.45, 7) is 9.98. The van der Waals surface area contributed by atoms with Gasteiger partial charge in [-0.15, -0.1) is 0 Å². The molecule has 2 nitrogen and oxygen atoms in total. The summed E-state index contributed by atoms with van der Waals surface area (Å²) < 4.78 is 0. The smallest absolute Gasteiger partial charge is 0.0224 e. The molecule has 1 heterocycles. The van der Waals surface area contributed by atoms with Crippen molar-refractivity contribution >= 4 is 0 Å². The second-order valence-corrected chi connectivity index (χ2v) is 8.71. The fourth-order valence-electron chi connectivity index (χ4n) is 5.29. The van der Waals surface area contributed by atoms with Crippen molar-refractivity contribution in [3.05, 3.63) is 0 Å². The van der Waals surface area contributed by atoms with Crippen LogP contribution in [-0.4, -0.2) is 36.1 Å². The van der Waals surface area contributed by atoms with Crippen molar-refractivity contribution in [3.8, 4) is 0 Å². The summed E-state index contributed by atoms with van der Waals surface area (Å²) in [5.41, 5.74) is 0.515. The third-order valence-corrected chi connectivity index (χ3v) is 6.72. The van der Waals surface area contributed by atoms with Crippen LogP contribution in [0.3, 0.4) is 0 Å². The Hall–Kier alpha value is -0.0800. The molecule has 3 unspecified atom stereocenters. The number of nitrogens with zero attached hydrogens (tertiary/aromatic N) is 1. The van der Waals surface area contributed by atoms with E-state index in [0.29, 0.717) is 11.5 Å². The molecule has 0 aromatic heterocycles. The summed E-state index contributed by atoms with van der Waals surface area (Å²) in [6, 6.07) is 2.29. The van der Waals surface area contributed by atoms with Gasteiger partial charge in [-0.05, 0) is 43.9 Å². The van der Waals surface area contributed by atoms with Crippen LogP contribution in [0.5, 0.6) is 0 Å². The van der Waals surface area contributed by atoms with Gasteiger partial charge in [-0.1, -0.05) is 46.0 Å². The normalized spacial score (nSPS) is 39.3. The first-order valence-electron chi connectivity index (χ1n) is 9.57. The van der Waals surface area contributed by atoms with Crippen molar-refractivity contribution in [2.24, 2.45) is 11.3 Å². The van der Waals surface area contributed by atoms with Crippen LogP contribution in [0.1, 0.15) is 78.6 Å². The van der Waals surface area contributed by atoms with Crippen LogP contribution in [0.2, 0.25) is 0 Å². The maximum atomic E-state index is 3.89. The number of hydrogen-bond acceptors (Lipinski definition) is 2. The number of hydrogen-bond donors (Lipinski definition) is 1. The van der Waals surface area contributed by atoms with Gasteiger partial charge in [0.15, 0.2) is 0 Å². The summed E-state index contributed by atoms with van der Waals surface area (Å²) in [7, 11) is 0. The predicted molar refractivity (Wildman–Crippen MR) is 90.6 cm³/mol. The molecule has 2 saturated carbocycles. The van der Waals surface area contributed by atoms with E-state index in [2.05, 4.69) is 31.0 Å². The van der Waals surface area contributed by atoms with Crippen molar-refractivity contribution in [3.63, 3.8) is 0 Å². The molecule has 0 aromatic carbocycles. The minimum atomic E-state index is 0.515. The average molecular weight is 293 g/mol. The van der Waals surface area contributed by atoms with Crippen LogP contribution < -0.4 is 5.32 Å². The molecule has 1 N–H and O–H groups in total. The van der Waals surface area contributed by atoms with E-state index in [0.717, 1.165) is 18.0 Å². The standard InChI is InChI=1S/C19H36N2/c1-15-13-20-17(16-9-5-4-6-10-16)14-21(15)18-11-7-8-12-19(18,2)3/h15-18,20H,4-14H2,1-3H3. The Labute approximate surface area is 132 Å². The lowest BCUT2D eigenvalue weighted by Crippen LogP contribution is -2.63. The first-order valence-corrected chi connectivity index (χ1v) is 9.57. The predicted octanol–water partition coefficient (Wildman–Crippen LogP) is 4.20. The molecule has 3 fully saturated rings. The Kier molecular flexibility index (Phi) is 4.95. The first kappa shape index (κ1) is 15.8. The van der Waals surface area contributed by atoms with E-state index in [1.165, 1.54) is 70.9 Å². The van der Waals surface area contributed by atoms with E-state index in [9.17, 15) is 0 Å². The molecule has 0 aromatic rings. The summed E-state index contributed by atoms with van der Waals surface area (Å²) in [4.78, 5) is 2.90. The number of rotatable bonds is 2. The molecule has 21 heavy (non-hydrogen) atoms. The van der Waals surface area contributed by atoms with Gasteiger partial charge in [0.1, 0.15) is 0 Å². The third-order valence-electron chi connectivity index (χ3n) is 6.72. The highest BCUT2D eigenvalue weighted by Crippen LogP contribution is 2.40. The van der Waals surface area contributed by atoms with Crippen molar-refractivity contribution in [2.45, 2.75) is 96.7 Å². The van der Waals surface area contributed by atoms with E-state index in [1.54, 1.807) is 0 Å². The summed E-state index contributed by atoms with van der Waals surface area (Å²) >= 11 is 0. The molecule has 0 amide bonds. The monoisotopic (exact) mass is 292 g/mol. The molecule has 0 bridgehead atoms. The Balaban J connectivity index is 1.67. The van der Waals surface area contributed by atoms with Gasteiger partial charge in [0, 0.05) is 31.2 Å². The summed E-state index contributed by atoms with van der Waals surface area (Å²) in [5.74, 6) is 0.945. The zero-order valence-corrected chi connectivity index (χ0v) is 14.5. The maximum Gasteiger partial charge on any atom is 0.0224 e. The minimum Gasteiger partial charge on any atom is -0.311 e. The zero-order chi connectivity index (χ0) is 14.9. The van der Waals surface area contributed by atoms with Gasteiger partial charge >= 0.3 is 0 Å². The van der Waals surface area contributed by atoms with Crippen molar-refractivity contribution in [1.82, 2.24) is 10.2 Å². The Morgan fingerprint density at radius 2 is 1.67 bits per heavy atom. The molecule has 1 aliphatic heterocycles. The second kappa shape index (κ2) is 6.58. The second-order valence-electron chi connectivity index (χ2n) is 8.71. The lowest BCUT2D eigenvalue weighted by Gasteiger charge is -2.52. The molecule has 2 heteroatoms. The van der Waals surface area contributed by atoms with Gasteiger partial charge in [-0.3, -0.25) is 4.90 Å². The molecule has 3 rings (SSSR count). The van der Waals surface area contributed by atoms with E-state index in [4.69, 9.17) is 0 Å². The SMILES string of the molecule is CC1CNC(C2CCCCC2)CN1C1CCCCC1(C)C. The van der Waals surface area contributed by atoms with Crippen molar-refractivity contribution in [2.75, 3.05) is 13.1 Å². The Morgan fingerprint density at radius 1 is 0.952 bits per heavy atom. The van der Waals surface area contributed by atoms with Crippen LogP contribution >= 0.6 is 0 Å². The fraction of sp³-hybridized carbons (Fsp3) is 1.00. The molecule has 3 aliphatic rings.